The molecule has 0 fully saturated rings. The standard InChI is InChI=1S/C17H25N3O/c1-13(2)18-12-15-11-14-7-5-6-8-16(14)17(19-15)20(3)9-10-21-4/h5-8,11,13,18H,9-10,12H2,1-4H3. The molecule has 4 heteroatoms. The number of rotatable bonds is 7. The van der Waals surface area contributed by atoms with Crippen LogP contribution in [0.4, 0.5) is 5.82 Å². The molecule has 0 aliphatic heterocycles. The number of fused-ring (bicyclic) bond motifs is 1. The van der Waals surface area contributed by atoms with Crippen LogP contribution in [0.2, 0.25) is 0 Å². The Balaban J connectivity index is 2.35. The van der Waals surface area contributed by atoms with Crippen molar-refractivity contribution in [2.24, 2.45) is 0 Å². The molecule has 0 unspecified atom stereocenters. The Hall–Kier alpha value is -1.65. The fourth-order valence-corrected chi connectivity index (χ4v) is 2.26. The van der Waals surface area contributed by atoms with Crippen molar-refractivity contribution in [3.63, 3.8) is 0 Å². The van der Waals surface area contributed by atoms with Crippen molar-refractivity contribution in [1.29, 1.82) is 0 Å². The number of aromatic nitrogens is 1. The lowest BCUT2D eigenvalue weighted by Crippen LogP contribution is -2.25. The molecule has 1 aromatic heterocycles. The summed E-state index contributed by atoms with van der Waals surface area (Å²) in [5.41, 5.74) is 1.07. The lowest BCUT2D eigenvalue weighted by atomic mass is 10.1. The molecule has 0 saturated heterocycles. The number of methoxy groups -OCH3 is 1. The number of hydrogen-bond donors (Lipinski definition) is 1. The van der Waals surface area contributed by atoms with Crippen molar-refractivity contribution in [2.45, 2.75) is 26.4 Å². The SMILES string of the molecule is COCCN(C)c1nc(CNC(C)C)cc2ccccc12. The molecule has 1 N–H and O–H groups in total. The molecule has 1 heterocycles. The molecule has 0 atom stereocenters. The number of nitrogens with zero attached hydrogens (tertiary/aromatic N) is 2. The first-order chi connectivity index (χ1) is 10.1. The Morgan fingerprint density at radius 3 is 2.76 bits per heavy atom. The van der Waals surface area contributed by atoms with Crippen LogP contribution in [0.3, 0.4) is 0 Å². The number of benzene rings is 1. The summed E-state index contributed by atoms with van der Waals surface area (Å²) < 4.78 is 5.17. The highest BCUT2D eigenvalue weighted by Crippen LogP contribution is 2.25. The molecular weight excluding hydrogens is 262 g/mol. The quantitative estimate of drug-likeness (QED) is 0.849. The second kappa shape index (κ2) is 7.38. The van der Waals surface area contributed by atoms with Crippen molar-refractivity contribution >= 4 is 16.6 Å². The van der Waals surface area contributed by atoms with Crippen LogP contribution in [-0.2, 0) is 11.3 Å². The van der Waals surface area contributed by atoms with Gasteiger partial charge >= 0.3 is 0 Å². The van der Waals surface area contributed by atoms with Crippen LogP contribution >= 0.6 is 0 Å². The highest BCUT2D eigenvalue weighted by atomic mass is 16.5. The Kier molecular flexibility index (Phi) is 5.53. The monoisotopic (exact) mass is 287 g/mol. The predicted octanol–water partition coefficient (Wildman–Crippen LogP) is 2.82. The largest absolute Gasteiger partial charge is 0.383 e. The van der Waals surface area contributed by atoms with Gasteiger partial charge in [0.2, 0.25) is 0 Å². The molecule has 1 aromatic carbocycles. The van der Waals surface area contributed by atoms with Gasteiger partial charge in [-0.25, -0.2) is 4.98 Å². The first-order valence-corrected chi connectivity index (χ1v) is 7.44. The molecule has 114 valence electrons. The fraction of sp³-hybridized carbons (Fsp3) is 0.471. The molecule has 0 saturated carbocycles. The highest BCUT2D eigenvalue weighted by molar-refractivity contribution is 5.92. The molecular formula is C17H25N3O. The molecule has 0 spiro atoms. The summed E-state index contributed by atoms with van der Waals surface area (Å²) in [7, 11) is 3.79. The summed E-state index contributed by atoms with van der Waals surface area (Å²) in [6.45, 7) is 6.60. The summed E-state index contributed by atoms with van der Waals surface area (Å²) in [5.74, 6) is 1.02. The molecule has 2 aromatic rings. The average Bonchev–Trinajstić information content (AvgIpc) is 2.49. The maximum Gasteiger partial charge on any atom is 0.136 e. The second-order valence-electron chi connectivity index (χ2n) is 5.61. The first-order valence-electron chi connectivity index (χ1n) is 7.44. The van der Waals surface area contributed by atoms with Crippen molar-refractivity contribution < 1.29 is 4.74 Å². The number of nitrogens with one attached hydrogen (secondary N) is 1. The fourth-order valence-electron chi connectivity index (χ4n) is 2.26. The maximum absolute atomic E-state index is 5.17. The van der Waals surface area contributed by atoms with Crippen LogP contribution in [0.5, 0.6) is 0 Å². The van der Waals surface area contributed by atoms with Crippen molar-refractivity contribution in [1.82, 2.24) is 10.3 Å². The summed E-state index contributed by atoms with van der Waals surface area (Å²) in [6.07, 6.45) is 0. The number of likely N-dealkylation sites (N-methyl/N-ethyl adjacent to an activating group) is 1. The minimum atomic E-state index is 0.452. The normalized spacial score (nSPS) is 11.3. The van der Waals surface area contributed by atoms with E-state index in [0.29, 0.717) is 12.6 Å². The zero-order valence-electron chi connectivity index (χ0n) is 13.4. The number of pyridine rings is 1. The van der Waals surface area contributed by atoms with E-state index in [4.69, 9.17) is 9.72 Å². The van der Waals surface area contributed by atoms with E-state index in [2.05, 4.69) is 61.4 Å². The summed E-state index contributed by atoms with van der Waals surface area (Å²) in [6, 6.07) is 11.0. The van der Waals surface area contributed by atoms with Gasteiger partial charge in [-0.2, -0.15) is 0 Å². The topological polar surface area (TPSA) is 37.4 Å². The zero-order chi connectivity index (χ0) is 15.2. The van der Waals surface area contributed by atoms with Crippen LogP contribution in [-0.4, -0.2) is 38.3 Å². The minimum absolute atomic E-state index is 0.452. The first kappa shape index (κ1) is 15.7. The van der Waals surface area contributed by atoms with E-state index in [0.717, 1.165) is 24.6 Å². The maximum atomic E-state index is 5.17. The van der Waals surface area contributed by atoms with Gasteiger partial charge < -0.3 is 15.0 Å². The summed E-state index contributed by atoms with van der Waals surface area (Å²) in [4.78, 5) is 6.99. The third-order valence-corrected chi connectivity index (χ3v) is 3.46. The molecule has 4 nitrogen and oxygen atoms in total. The van der Waals surface area contributed by atoms with Crippen molar-refractivity contribution in [3.8, 4) is 0 Å². The third-order valence-electron chi connectivity index (χ3n) is 3.46. The van der Waals surface area contributed by atoms with Crippen molar-refractivity contribution in [3.05, 3.63) is 36.0 Å². The van der Waals surface area contributed by atoms with Crippen LogP contribution in [0, 0.1) is 0 Å². The van der Waals surface area contributed by atoms with Gasteiger partial charge in [0, 0.05) is 38.7 Å². The molecule has 0 aliphatic rings. The van der Waals surface area contributed by atoms with Gasteiger partial charge in [-0.1, -0.05) is 38.1 Å². The lowest BCUT2D eigenvalue weighted by Gasteiger charge is -2.21. The van der Waals surface area contributed by atoms with Gasteiger partial charge in [-0.05, 0) is 11.5 Å². The van der Waals surface area contributed by atoms with Gasteiger partial charge in [0.1, 0.15) is 5.82 Å². The Bertz CT molecular complexity index is 583. The van der Waals surface area contributed by atoms with E-state index < -0.39 is 0 Å². The molecule has 0 aliphatic carbocycles. The van der Waals surface area contributed by atoms with Crippen LogP contribution in [0.25, 0.3) is 10.8 Å². The molecule has 2 rings (SSSR count). The van der Waals surface area contributed by atoms with E-state index in [1.807, 2.05) is 0 Å². The van der Waals surface area contributed by atoms with E-state index in [1.165, 1.54) is 10.8 Å². The van der Waals surface area contributed by atoms with Crippen LogP contribution < -0.4 is 10.2 Å². The Labute approximate surface area is 127 Å². The smallest absolute Gasteiger partial charge is 0.136 e. The van der Waals surface area contributed by atoms with E-state index in [9.17, 15) is 0 Å². The number of anilines is 1. The zero-order valence-corrected chi connectivity index (χ0v) is 13.4. The number of ether oxygens (including phenoxy) is 1. The van der Waals surface area contributed by atoms with Gasteiger partial charge in [-0.3, -0.25) is 0 Å². The van der Waals surface area contributed by atoms with Crippen LogP contribution in [0.15, 0.2) is 30.3 Å². The molecule has 0 radical (unpaired) electrons. The Morgan fingerprint density at radius 2 is 2.05 bits per heavy atom. The van der Waals surface area contributed by atoms with E-state index in [-0.39, 0.29) is 0 Å². The third kappa shape index (κ3) is 4.16. The van der Waals surface area contributed by atoms with Gasteiger partial charge in [0.15, 0.2) is 0 Å². The second-order valence-corrected chi connectivity index (χ2v) is 5.61. The lowest BCUT2D eigenvalue weighted by molar-refractivity contribution is 0.206. The minimum Gasteiger partial charge on any atom is -0.383 e. The van der Waals surface area contributed by atoms with E-state index >= 15 is 0 Å². The van der Waals surface area contributed by atoms with Crippen LogP contribution in [0.1, 0.15) is 19.5 Å². The molecule has 21 heavy (non-hydrogen) atoms. The number of hydrogen-bond acceptors (Lipinski definition) is 4. The van der Waals surface area contributed by atoms with Gasteiger partial charge in [-0.15, -0.1) is 0 Å². The van der Waals surface area contributed by atoms with Gasteiger partial charge in [0.05, 0.1) is 12.3 Å². The average molecular weight is 287 g/mol. The summed E-state index contributed by atoms with van der Waals surface area (Å²) >= 11 is 0. The summed E-state index contributed by atoms with van der Waals surface area (Å²) in [5, 5.41) is 5.84. The van der Waals surface area contributed by atoms with Crippen molar-refractivity contribution in [2.75, 3.05) is 32.2 Å². The molecule has 0 bridgehead atoms. The molecule has 0 amide bonds. The predicted molar refractivity (Wildman–Crippen MR) is 88.9 cm³/mol. The van der Waals surface area contributed by atoms with E-state index in [1.54, 1.807) is 7.11 Å². The highest BCUT2D eigenvalue weighted by Gasteiger charge is 2.10. The van der Waals surface area contributed by atoms with Gasteiger partial charge in [0.25, 0.3) is 0 Å². The Morgan fingerprint density at radius 1 is 1.29 bits per heavy atom.